The van der Waals surface area contributed by atoms with Crippen LogP contribution in [0.5, 0.6) is 0 Å². The third-order valence-electron chi connectivity index (χ3n) is 25.4. The molecular formula is C114H128N8O4+4. The molecule has 20 rings (SSSR count). The molecule has 0 bridgehead atoms. The van der Waals surface area contributed by atoms with Gasteiger partial charge in [-0.2, -0.15) is 9.13 Å². The molecular weight excluding hydrogens is 1550 g/mol. The Morgan fingerprint density at radius 2 is 0.492 bits per heavy atom. The lowest BCUT2D eigenvalue weighted by Gasteiger charge is -2.17. The van der Waals surface area contributed by atoms with Crippen LogP contribution in [0.3, 0.4) is 0 Å². The fourth-order valence-electron chi connectivity index (χ4n) is 18.8. The topological polar surface area (TPSA) is 87.8 Å². The van der Waals surface area contributed by atoms with Gasteiger partial charge in [0.15, 0.2) is 22.8 Å². The molecule has 8 heterocycles. The highest BCUT2D eigenvalue weighted by atomic mass is 16.3. The van der Waals surface area contributed by atoms with Gasteiger partial charge in [0.1, 0.15) is 92.2 Å². The predicted octanol–water partition coefficient (Wildman–Crippen LogP) is 29.6. The molecule has 12 aromatic carbocycles. The Hall–Kier alpha value is -13.3. The minimum Gasteiger partial charge on any atom is -0.455 e. The first-order chi connectivity index (χ1) is 58.7. The van der Waals surface area contributed by atoms with Crippen LogP contribution in [0, 0.1) is 69.2 Å². The summed E-state index contributed by atoms with van der Waals surface area (Å²) in [6.45, 7) is 39.9. The van der Waals surface area contributed by atoms with Crippen molar-refractivity contribution in [3.8, 4) is 67.8 Å². The average Bonchev–Trinajstić information content (AvgIpc) is 1.60. The van der Waals surface area contributed by atoms with E-state index in [1.807, 2.05) is 42.5 Å². The highest BCUT2D eigenvalue weighted by molar-refractivity contribution is 6.13. The molecule has 20 aromatic rings. The van der Waals surface area contributed by atoms with E-state index in [9.17, 15) is 0 Å². The van der Waals surface area contributed by atoms with Crippen LogP contribution in [-0.2, 0) is 28.2 Å². The number of hydrogen-bond acceptors (Lipinski definition) is 4. The maximum Gasteiger partial charge on any atom is 0.258 e. The van der Waals surface area contributed by atoms with Gasteiger partial charge >= 0.3 is 0 Å². The molecule has 644 valence electrons. The molecule has 0 spiro atoms. The van der Waals surface area contributed by atoms with Crippen molar-refractivity contribution in [2.75, 3.05) is 0 Å². The standard InChI is InChI=1S/C30H33N2O.C29H31N2O.C26H25N2O.C25H23N2O.4CH4/c1-18(2)22-12-10-13-23(19(3)4)29(22)32-17-26(31(7)21(32)6)28-20(5)15-16-25-24-11-8-9-14-27(24)33-30(25)28;1-18(2)21-11-9-12-22(19(3)4)28(21)31-16-25(30(6)17-31)27-20(5)14-15-24-23-10-7-8-13-26(23)32-29(24)27;1-16-13-14-21-20-11-6-7-12-23(20)29-26(21)24(16)22-15-28(19(4)27(22)5)25-17(2)9-8-10-18(25)3;1-16-12-13-20-19-10-5-6-11-22(19)28-25(20)23(16)21-14-27(15-26(21)4)24-17(2)8-7-9-18(24)3;;;;/h8-19H,1-7H3;7-19H,1-6H3;6-15H,1-5H3;5-15H,1-4H3;4*1H4/q4*+1;;;;. The van der Waals surface area contributed by atoms with E-state index >= 15 is 0 Å². The van der Waals surface area contributed by atoms with Crippen LogP contribution in [0.1, 0.15) is 187 Å². The Morgan fingerprint density at radius 1 is 0.238 bits per heavy atom. The van der Waals surface area contributed by atoms with E-state index in [2.05, 4.69) is 403 Å². The Morgan fingerprint density at radius 3 is 0.794 bits per heavy atom. The van der Waals surface area contributed by atoms with Gasteiger partial charge in [0.05, 0.1) is 50.4 Å². The second kappa shape index (κ2) is 36.1. The number of aryl methyl sites for hydroxylation is 10. The summed E-state index contributed by atoms with van der Waals surface area (Å²) in [5, 5.41) is 9.32. The van der Waals surface area contributed by atoms with E-state index in [1.165, 1.54) is 134 Å². The minimum atomic E-state index is 0. The van der Waals surface area contributed by atoms with Crippen molar-refractivity contribution in [3.63, 3.8) is 0 Å². The van der Waals surface area contributed by atoms with Crippen LogP contribution in [0.15, 0.2) is 273 Å². The Kier molecular flexibility index (Phi) is 25.9. The number of fused-ring (bicyclic) bond motifs is 12. The second-order valence-corrected chi connectivity index (χ2v) is 34.9. The molecule has 0 aliphatic carbocycles. The number of para-hydroxylation sites is 8. The van der Waals surface area contributed by atoms with Crippen molar-refractivity contribution in [2.45, 2.75) is 178 Å². The zero-order valence-corrected chi connectivity index (χ0v) is 74.8. The summed E-state index contributed by atoms with van der Waals surface area (Å²) >= 11 is 0. The van der Waals surface area contributed by atoms with Crippen molar-refractivity contribution < 1.29 is 35.9 Å². The van der Waals surface area contributed by atoms with Crippen molar-refractivity contribution in [2.24, 2.45) is 28.2 Å². The van der Waals surface area contributed by atoms with Crippen LogP contribution < -0.4 is 18.3 Å². The molecule has 126 heavy (non-hydrogen) atoms. The zero-order valence-electron chi connectivity index (χ0n) is 74.8. The van der Waals surface area contributed by atoms with Gasteiger partial charge in [-0.15, -0.1) is 0 Å². The summed E-state index contributed by atoms with van der Waals surface area (Å²) in [5.41, 5.74) is 37.4. The van der Waals surface area contributed by atoms with Crippen LogP contribution in [-0.4, -0.2) is 18.3 Å². The largest absolute Gasteiger partial charge is 0.455 e. The normalized spacial score (nSPS) is 11.4. The van der Waals surface area contributed by atoms with E-state index in [1.54, 1.807) is 0 Å². The summed E-state index contributed by atoms with van der Waals surface area (Å²) in [6, 6.07) is 77.0. The summed E-state index contributed by atoms with van der Waals surface area (Å²) in [4.78, 5) is 0. The molecule has 0 saturated heterocycles. The van der Waals surface area contributed by atoms with Gasteiger partial charge in [-0.1, -0.05) is 279 Å². The van der Waals surface area contributed by atoms with Gasteiger partial charge in [0.2, 0.25) is 12.7 Å². The number of imidazole rings is 4. The molecule has 0 radical (unpaired) electrons. The van der Waals surface area contributed by atoms with Gasteiger partial charge in [0.25, 0.3) is 11.6 Å². The fraction of sp³-hybridized carbons (Fsp3) is 0.263. The number of rotatable bonds is 12. The van der Waals surface area contributed by atoms with Crippen LogP contribution >= 0.6 is 0 Å². The third-order valence-corrected chi connectivity index (χ3v) is 25.4. The molecule has 0 saturated carbocycles. The Bertz CT molecular complexity index is 7370. The summed E-state index contributed by atoms with van der Waals surface area (Å²) < 4.78 is 43.7. The van der Waals surface area contributed by atoms with E-state index in [-0.39, 0.29) is 29.7 Å². The smallest absolute Gasteiger partial charge is 0.258 e. The Labute approximate surface area is 745 Å². The fourth-order valence-corrected chi connectivity index (χ4v) is 18.8. The quantitative estimate of drug-likeness (QED) is 0.114. The maximum atomic E-state index is 6.43. The lowest BCUT2D eigenvalue weighted by atomic mass is 9.92. The highest BCUT2D eigenvalue weighted by Crippen LogP contribution is 2.44. The maximum absolute atomic E-state index is 6.43. The lowest BCUT2D eigenvalue weighted by Crippen LogP contribution is -2.35. The first-order valence-corrected chi connectivity index (χ1v) is 43.0. The molecule has 12 nitrogen and oxygen atoms in total. The van der Waals surface area contributed by atoms with E-state index in [4.69, 9.17) is 17.7 Å². The molecule has 8 aromatic heterocycles. The summed E-state index contributed by atoms with van der Waals surface area (Å²) in [7, 11) is 8.52. The van der Waals surface area contributed by atoms with E-state index in [0.29, 0.717) is 23.7 Å². The number of aromatic nitrogens is 8. The molecule has 0 fully saturated rings. The first kappa shape index (κ1) is 90.4. The number of benzene rings is 12. The SMILES string of the molecule is C.C.C.C.Cc1ccc2c(oc3ccccc32)c1-c1c[n+](-c2c(C(C)C)cccc2C(C)C)c(C)n1C.Cc1ccc2c(oc3ccccc32)c1-c1c[n+](-c2c(C(C)C)cccc2C(C)C)cn1C.Cc1cccc(C)c1-[n+]1cc(-c2c(C)ccc3c2oc2ccccc23)n(C)c1.Cc1cccc(C)c1-[n+]1cc(-c2c(C)ccc3c2oc2ccccc23)n(C)c1C. The molecule has 12 heteroatoms. The summed E-state index contributed by atoms with van der Waals surface area (Å²) in [6.07, 6.45) is 13.4. The molecule has 0 unspecified atom stereocenters. The van der Waals surface area contributed by atoms with Gasteiger partial charge in [-0.25, -0.2) is 27.4 Å². The summed E-state index contributed by atoms with van der Waals surface area (Å²) in [5.74, 6) is 4.16. The van der Waals surface area contributed by atoms with Crippen molar-refractivity contribution >= 4 is 87.8 Å². The number of hydrogen-bond donors (Lipinski definition) is 0. The first-order valence-electron chi connectivity index (χ1n) is 43.0. The second-order valence-electron chi connectivity index (χ2n) is 34.9. The van der Waals surface area contributed by atoms with Crippen LogP contribution in [0.25, 0.3) is 156 Å². The molecule has 0 amide bonds. The zero-order chi connectivity index (χ0) is 85.7. The van der Waals surface area contributed by atoms with E-state index in [0.717, 1.165) is 100.0 Å². The number of furan rings is 4. The van der Waals surface area contributed by atoms with Gasteiger partial charge in [0, 0.05) is 79.2 Å². The molecule has 0 atom stereocenters. The monoisotopic (exact) mass is 1670 g/mol. The van der Waals surface area contributed by atoms with E-state index < -0.39 is 0 Å². The van der Waals surface area contributed by atoms with Crippen molar-refractivity contribution in [3.05, 3.63) is 334 Å². The average molecular weight is 1670 g/mol. The van der Waals surface area contributed by atoms with Crippen molar-refractivity contribution in [1.29, 1.82) is 0 Å². The van der Waals surface area contributed by atoms with Gasteiger partial charge in [-0.05, 0) is 148 Å². The lowest BCUT2D eigenvalue weighted by molar-refractivity contribution is -0.603. The molecule has 0 N–H and O–H groups in total. The Balaban J connectivity index is 0.000000143. The molecule has 0 aliphatic rings. The molecule has 0 aliphatic heterocycles. The van der Waals surface area contributed by atoms with Gasteiger partial charge in [-0.3, -0.25) is 0 Å². The minimum absolute atomic E-state index is 0. The van der Waals surface area contributed by atoms with Crippen molar-refractivity contribution in [1.82, 2.24) is 18.3 Å². The van der Waals surface area contributed by atoms with Gasteiger partial charge < -0.3 is 17.7 Å². The van der Waals surface area contributed by atoms with Crippen LogP contribution in [0.4, 0.5) is 0 Å². The third kappa shape index (κ3) is 15.8. The number of nitrogens with zero attached hydrogens (tertiary/aromatic N) is 8. The predicted molar refractivity (Wildman–Crippen MR) is 529 cm³/mol. The highest BCUT2D eigenvalue weighted by Gasteiger charge is 2.33. The van der Waals surface area contributed by atoms with Crippen LogP contribution in [0.2, 0.25) is 0 Å².